The summed E-state index contributed by atoms with van der Waals surface area (Å²) in [5.74, 6) is 0.665. The van der Waals surface area contributed by atoms with Gasteiger partial charge < -0.3 is 14.4 Å². The number of morpholine rings is 1. The van der Waals surface area contributed by atoms with Crippen LogP contribution < -0.4 is 0 Å². The maximum atomic E-state index is 12.5. The molecule has 1 fully saturated rings. The van der Waals surface area contributed by atoms with E-state index in [1.165, 1.54) is 0 Å². The molecule has 2 aromatic heterocycles. The van der Waals surface area contributed by atoms with Gasteiger partial charge in [0.1, 0.15) is 6.10 Å². The van der Waals surface area contributed by atoms with E-state index in [0.29, 0.717) is 45.1 Å². The number of carbonyl (C=O) groups excluding carboxylic acids is 1. The molecule has 0 radical (unpaired) electrons. The maximum Gasteiger partial charge on any atom is 0.228 e. The highest BCUT2D eigenvalue weighted by Crippen LogP contribution is 2.20. The molecule has 1 atom stereocenters. The number of hydrogen-bond donors (Lipinski definition) is 0. The van der Waals surface area contributed by atoms with E-state index in [9.17, 15) is 4.79 Å². The van der Waals surface area contributed by atoms with E-state index in [0.717, 1.165) is 10.7 Å². The fraction of sp³-hybridized carbons (Fsp3) is 0.643. The van der Waals surface area contributed by atoms with Gasteiger partial charge in [0.2, 0.25) is 5.91 Å². The van der Waals surface area contributed by atoms with Gasteiger partial charge in [-0.25, -0.2) is 9.67 Å². The molecular weight excluding hydrogens is 332 g/mol. The molecule has 3 heterocycles. The number of aromatic nitrogens is 5. The van der Waals surface area contributed by atoms with E-state index in [2.05, 4.69) is 20.5 Å². The summed E-state index contributed by atoms with van der Waals surface area (Å²) < 4.78 is 12.5. The summed E-state index contributed by atoms with van der Waals surface area (Å²) in [4.78, 5) is 18.6. The van der Waals surface area contributed by atoms with Gasteiger partial charge in [-0.2, -0.15) is 0 Å². The van der Waals surface area contributed by atoms with Crippen LogP contribution in [0.1, 0.15) is 22.6 Å². The number of aryl methyl sites for hydroxylation is 1. The van der Waals surface area contributed by atoms with Crippen LogP contribution in [0.15, 0.2) is 5.38 Å². The third kappa shape index (κ3) is 3.94. The maximum absolute atomic E-state index is 12.5. The average molecular weight is 352 g/mol. The molecule has 1 aliphatic heterocycles. The Morgan fingerprint density at radius 2 is 2.42 bits per heavy atom. The van der Waals surface area contributed by atoms with Crippen molar-refractivity contribution in [2.45, 2.75) is 26.0 Å². The molecule has 130 valence electrons. The number of hydrogen-bond acceptors (Lipinski definition) is 8. The Morgan fingerprint density at radius 3 is 3.17 bits per heavy atom. The number of thiazole rings is 1. The van der Waals surface area contributed by atoms with E-state index in [4.69, 9.17) is 9.47 Å². The van der Waals surface area contributed by atoms with Crippen LogP contribution in [0.2, 0.25) is 0 Å². The van der Waals surface area contributed by atoms with Crippen LogP contribution in [0.4, 0.5) is 0 Å². The summed E-state index contributed by atoms with van der Waals surface area (Å²) in [7, 11) is 1.63. The fourth-order valence-corrected chi connectivity index (χ4v) is 3.18. The molecule has 0 N–H and O–H groups in total. The monoisotopic (exact) mass is 352 g/mol. The average Bonchev–Trinajstić information content (AvgIpc) is 3.22. The Hall–Kier alpha value is -1.91. The molecule has 1 aliphatic rings. The fourth-order valence-electron chi connectivity index (χ4n) is 2.57. The zero-order chi connectivity index (χ0) is 16.9. The third-order valence-corrected chi connectivity index (χ3v) is 4.60. The molecule has 0 aromatic carbocycles. The predicted molar refractivity (Wildman–Crippen MR) is 85.5 cm³/mol. The van der Waals surface area contributed by atoms with Crippen LogP contribution in [0.5, 0.6) is 0 Å². The Kier molecular flexibility index (Phi) is 5.48. The van der Waals surface area contributed by atoms with Crippen LogP contribution >= 0.6 is 11.3 Å². The first kappa shape index (κ1) is 16.9. The van der Waals surface area contributed by atoms with Gasteiger partial charge in [-0.05, 0) is 17.4 Å². The van der Waals surface area contributed by atoms with Gasteiger partial charge in [-0.15, -0.1) is 16.4 Å². The lowest BCUT2D eigenvalue weighted by Gasteiger charge is -2.32. The van der Waals surface area contributed by atoms with E-state index >= 15 is 0 Å². The van der Waals surface area contributed by atoms with Crippen molar-refractivity contribution in [3.05, 3.63) is 21.9 Å². The Morgan fingerprint density at radius 1 is 1.54 bits per heavy atom. The Bertz CT molecular complexity index is 688. The van der Waals surface area contributed by atoms with Crippen LogP contribution in [-0.4, -0.2) is 69.4 Å². The first-order valence-electron chi connectivity index (χ1n) is 7.72. The minimum atomic E-state index is -0.327. The number of rotatable bonds is 6. The van der Waals surface area contributed by atoms with Crippen molar-refractivity contribution in [2.75, 3.05) is 33.4 Å². The first-order valence-corrected chi connectivity index (χ1v) is 8.60. The quantitative estimate of drug-likeness (QED) is 0.734. The van der Waals surface area contributed by atoms with E-state index in [1.54, 1.807) is 28.0 Å². The van der Waals surface area contributed by atoms with Gasteiger partial charge in [-0.1, -0.05) is 0 Å². The van der Waals surface area contributed by atoms with Crippen molar-refractivity contribution in [3.63, 3.8) is 0 Å². The number of nitrogens with zero attached hydrogens (tertiary/aromatic N) is 6. The second-order valence-electron chi connectivity index (χ2n) is 5.49. The standard InChI is InChI=1S/C14H20N6O3S/c1-10-15-11(9-24-10)7-13(21)19-3-6-23-12(8-19)14-16-17-18-20(14)4-5-22-2/h9,12H,3-8H2,1-2H3/t12-/m0/s1. The van der Waals surface area contributed by atoms with E-state index < -0.39 is 0 Å². The predicted octanol–water partition coefficient (Wildman–Crippen LogP) is 0.227. The lowest BCUT2D eigenvalue weighted by molar-refractivity contribution is -0.138. The molecule has 0 saturated carbocycles. The number of tetrazole rings is 1. The molecule has 9 nitrogen and oxygen atoms in total. The number of amides is 1. The molecule has 1 amide bonds. The summed E-state index contributed by atoms with van der Waals surface area (Å²) in [5, 5.41) is 14.6. The molecular formula is C14H20N6O3S. The van der Waals surface area contributed by atoms with Crippen molar-refractivity contribution in [2.24, 2.45) is 0 Å². The van der Waals surface area contributed by atoms with Gasteiger partial charge in [-0.3, -0.25) is 4.79 Å². The molecule has 3 rings (SSSR count). The van der Waals surface area contributed by atoms with Crippen LogP contribution in [0.3, 0.4) is 0 Å². The molecule has 0 unspecified atom stereocenters. The van der Waals surface area contributed by atoms with Crippen molar-refractivity contribution in [3.8, 4) is 0 Å². The lowest BCUT2D eigenvalue weighted by atomic mass is 10.2. The van der Waals surface area contributed by atoms with Crippen LogP contribution in [-0.2, 0) is 27.2 Å². The number of ether oxygens (including phenoxy) is 2. The minimum Gasteiger partial charge on any atom is -0.383 e. The molecule has 0 bridgehead atoms. The van der Waals surface area contributed by atoms with Crippen LogP contribution in [0.25, 0.3) is 0 Å². The smallest absolute Gasteiger partial charge is 0.228 e. The Balaban J connectivity index is 1.63. The second kappa shape index (κ2) is 7.77. The molecule has 0 spiro atoms. The highest BCUT2D eigenvalue weighted by Gasteiger charge is 2.29. The van der Waals surface area contributed by atoms with E-state index in [-0.39, 0.29) is 12.0 Å². The van der Waals surface area contributed by atoms with Gasteiger partial charge in [0.15, 0.2) is 5.82 Å². The molecule has 2 aromatic rings. The van der Waals surface area contributed by atoms with Crippen molar-refractivity contribution >= 4 is 17.2 Å². The summed E-state index contributed by atoms with van der Waals surface area (Å²) in [6, 6.07) is 0. The SMILES string of the molecule is COCCn1nnnc1[C@@H]1CN(C(=O)Cc2csc(C)n2)CCO1. The summed E-state index contributed by atoms with van der Waals surface area (Å²) >= 11 is 1.55. The summed E-state index contributed by atoms with van der Waals surface area (Å²) in [6.07, 6.45) is -0.0159. The number of carbonyl (C=O) groups is 1. The first-order chi connectivity index (χ1) is 11.7. The van der Waals surface area contributed by atoms with Gasteiger partial charge in [0, 0.05) is 19.0 Å². The van der Waals surface area contributed by atoms with Gasteiger partial charge >= 0.3 is 0 Å². The molecule has 1 saturated heterocycles. The molecule has 0 aliphatic carbocycles. The molecule has 10 heteroatoms. The third-order valence-electron chi connectivity index (χ3n) is 3.77. The zero-order valence-corrected chi connectivity index (χ0v) is 14.5. The Labute approximate surface area is 143 Å². The van der Waals surface area contributed by atoms with Crippen molar-refractivity contribution < 1.29 is 14.3 Å². The topological polar surface area (TPSA) is 95.3 Å². The highest BCUT2D eigenvalue weighted by molar-refractivity contribution is 7.09. The number of methoxy groups -OCH3 is 1. The minimum absolute atomic E-state index is 0.0458. The summed E-state index contributed by atoms with van der Waals surface area (Å²) in [5.41, 5.74) is 0.815. The summed E-state index contributed by atoms with van der Waals surface area (Å²) in [6.45, 7) is 4.46. The van der Waals surface area contributed by atoms with Crippen LogP contribution in [0, 0.1) is 6.92 Å². The molecule has 24 heavy (non-hydrogen) atoms. The van der Waals surface area contributed by atoms with Crippen molar-refractivity contribution in [1.29, 1.82) is 0 Å². The van der Waals surface area contributed by atoms with Gasteiger partial charge in [0.25, 0.3) is 0 Å². The highest BCUT2D eigenvalue weighted by atomic mass is 32.1. The van der Waals surface area contributed by atoms with E-state index in [1.807, 2.05) is 12.3 Å². The normalized spacial score (nSPS) is 18.1. The van der Waals surface area contributed by atoms with Gasteiger partial charge in [0.05, 0.1) is 43.4 Å². The zero-order valence-electron chi connectivity index (χ0n) is 13.7. The lowest BCUT2D eigenvalue weighted by Crippen LogP contribution is -2.43. The van der Waals surface area contributed by atoms with Crippen molar-refractivity contribution in [1.82, 2.24) is 30.1 Å². The second-order valence-corrected chi connectivity index (χ2v) is 6.55. The largest absolute Gasteiger partial charge is 0.383 e.